The van der Waals surface area contributed by atoms with Gasteiger partial charge in [0.15, 0.2) is 0 Å². The van der Waals surface area contributed by atoms with Crippen LogP contribution in [0.2, 0.25) is 0 Å². The minimum atomic E-state index is 0.0893. The summed E-state index contributed by atoms with van der Waals surface area (Å²) in [5, 5.41) is 2.96. The maximum absolute atomic E-state index is 11.9. The smallest absolute Gasteiger partial charge is 0.234 e. The van der Waals surface area contributed by atoms with Gasteiger partial charge >= 0.3 is 0 Å². The fourth-order valence-corrected chi connectivity index (χ4v) is 2.47. The van der Waals surface area contributed by atoms with Gasteiger partial charge in [-0.1, -0.05) is 0 Å². The van der Waals surface area contributed by atoms with Crippen molar-refractivity contribution in [3.8, 4) is 0 Å². The summed E-state index contributed by atoms with van der Waals surface area (Å²) < 4.78 is 11.0. The lowest BCUT2D eigenvalue weighted by Gasteiger charge is -2.36. The number of hydrogen-bond donors (Lipinski definition) is 1. The molecule has 2 fully saturated rings. The standard InChI is InChI=1S/C13H24N2O3/c1-10-9-18-11(2)7-15(10)8-13(16)14-6-12-4-3-5-17-12/h10-12H,3-9H2,1-2H3,(H,14,16)/t10-,11-,12-/m1/s1. The van der Waals surface area contributed by atoms with Crippen molar-refractivity contribution in [1.82, 2.24) is 10.2 Å². The van der Waals surface area contributed by atoms with Gasteiger partial charge in [0.1, 0.15) is 0 Å². The third kappa shape index (κ3) is 3.93. The molecule has 0 bridgehead atoms. The molecule has 2 heterocycles. The summed E-state index contributed by atoms with van der Waals surface area (Å²) in [5.74, 6) is 0.0893. The highest BCUT2D eigenvalue weighted by Gasteiger charge is 2.25. The van der Waals surface area contributed by atoms with Crippen LogP contribution in [-0.2, 0) is 14.3 Å². The lowest BCUT2D eigenvalue weighted by atomic mass is 10.2. The third-order valence-electron chi connectivity index (χ3n) is 3.63. The highest BCUT2D eigenvalue weighted by atomic mass is 16.5. The Hall–Kier alpha value is -0.650. The molecule has 2 saturated heterocycles. The first-order valence-electron chi connectivity index (χ1n) is 6.89. The van der Waals surface area contributed by atoms with Crippen molar-refractivity contribution in [2.24, 2.45) is 0 Å². The lowest BCUT2D eigenvalue weighted by Crippen LogP contribution is -2.51. The predicted molar refractivity (Wildman–Crippen MR) is 68.4 cm³/mol. The molecule has 1 amide bonds. The second kappa shape index (κ2) is 6.50. The van der Waals surface area contributed by atoms with E-state index < -0.39 is 0 Å². The molecule has 2 aliphatic heterocycles. The molecule has 0 saturated carbocycles. The molecular weight excluding hydrogens is 232 g/mol. The quantitative estimate of drug-likeness (QED) is 0.790. The van der Waals surface area contributed by atoms with Crippen molar-refractivity contribution in [2.45, 2.75) is 44.9 Å². The number of carbonyl (C=O) groups excluding carboxylic acids is 1. The maximum Gasteiger partial charge on any atom is 0.234 e. The summed E-state index contributed by atoms with van der Waals surface area (Å²) in [6.45, 7) is 7.62. The molecule has 0 aliphatic carbocycles. The predicted octanol–water partition coefficient (Wildman–Crippen LogP) is 0.391. The first-order chi connectivity index (χ1) is 8.65. The average Bonchev–Trinajstić information content (AvgIpc) is 2.84. The van der Waals surface area contributed by atoms with Gasteiger partial charge in [0.2, 0.25) is 5.91 Å². The van der Waals surface area contributed by atoms with Crippen LogP contribution in [0.4, 0.5) is 0 Å². The molecule has 2 rings (SSSR count). The molecule has 0 unspecified atom stereocenters. The second-order valence-corrected chi connectivity index (χ2v) is 5.36. The van der Waals surface area contributed by atoms with E-state index in [0.29, 0.717) is 25.7 Å². The topological polar surface area (TPSA) is 50.8 Å². The first kappa shape index (κ1) is 13.8. The minimum absolute atomic E-state index is 0.0893. The Labute approximate surface area is 109 Å². The van der Waals surface area contributed by atoms with Gasteiger partial charge in [0.05, 0.1) is 25.4 Å². The van der Waals surface area contributed by atoms with E-state index in [9.17, 15) is 4.79 Å². The summed E-state index contributed by atoms with van der Waals surface area (Å²) in [4.78, 5) is 14.1. The monoisotopic (exact) mass is 256 g/mol. The Balaban J connectivity index is 1.69. The molecule has 104 valence electrons. The van der Waals surface area contributed by atoms with E-state index in [4.69, 9.17) is 9.47 Å². The number of carbonyl (C=O) groups is 1. The van der Waals surface area contributed by atoms with Crippen LogP contribution in [-0.4, -0.2) is 61.9 Å². The van der Waals surface area contributed by atoms with Crippen molar-refractivity contribution in [1.29, 1.82) is 0 Å². The van der Waals surface area contributed by atoms with Crippen molar-refractivity contribution in [3.63, 3.8) is 0 Å². The van der Waals surface area contributed by atoms with Gasteiger partial charge in [-0.3, -0.25) is 9.69 Å². The zero-order chi connectivity index (χ0) is 13.0. The fourth-order valence-electron chi connectivity index (χ4n) is 2.47. The van der Waals surface area contributed by atoms with Crippen LogP contribution in [0.25, 0.3) is 0 Å². The Morgan fingerprint density at radius 1 is 1.39 bits per heavy atom. The Morgan fingerprint density at radius 3 is 2.94 bits per heavy atom. The van der Waals surface area contributed by atoms with Gasteiger partial charge in [-0.15, -0.1) is 0 Å². The van der Waals surface area contributed by atoms with Gasteiger partial charge < -0.3 is 14.8 Å². The molecule has 0 aromatic carbocycles. The Kier molecular flexibility index (Phi) is 4.97. The SMILES string of the molecule is C[C@@H]1CN(CC(=O)NC[C@H]2CCCO2)[C@H](C)CO1. The third-order valence-corrected chi connectivity index (χ3v) is 3.63. The zero-order valence-electron chi connectivity index (χ0n) is 11.4. The molecular formula is C13H24N2O3. The Bertz CT molecular complexity index is 279. The van der Waals surface area contributed by atoms with Crippen LogP contribution in [0.5, 0.6) is 0 Å². The summed E-state index contributed by atoms with van der Waals surface area (Å²) in [6.07, 6.45) is 2.60. The van der Waals surface area contributed by atoms with E-state index >= 15 is 0 Å². The molecule has 18 heavy (non-hydrogen) atoms. The maximum atomic E-state index is 11.9. The number of rotatable bonds is 4. The van der Waals surface area contributed by atoms with Gasteiger partial charge in [-0.25, -0.2) is 0 Å². The van der Waals surface area contributed by atoms with E-state index in [1.807, 2.05) is 6.92 Å². The van der Waals surface area contributed by atoms with Gasteiger partial charge in [0, 0.05) is 25.7 Å². The van der Waals surface area contributed by atoms with Crippen molar-refractivity contribution in [3.05, 3.63) is 0 Å². The second-order valence-electron chi connectivity index (χ2n) is 5.36. The number of nitrogens with zero attached hydrogens (tertiary/aromatic N) is 1. The van der Waals surface area contributed by atoms with E-state index in [1.54, 1.807) is 0 Å². The number of ether oxygens (including phenoxy) is 2. The molecule has 5 heteroatoms. The molecule has 0 radical (unpaired) electrons. The van der Waals surface area contributed by atoms with Gasteiger partial charge in [-0.05, 0) is 26.7 Å². The zero-order valence-corrected chi connectivity index (χ0v) is 11.4. The molecule has 2 aliphatic rings. The van der Waals surface area contributed by atoms with Crippen LogP contribution in [0.3, 0.4) is 0 Å². The molecule has 0 spiro atoms. The number of morpholine rings is 1. The van der Waals surface area contributed by atoms with E-state index in [1.165, 1.54) is 0 Å². The van der Waals surface area contributed by atoms with Crippen LogP contribution in [0.15, 0.2) is 0 Å². The van der Waals surface area contributed by atoms with Gasteiger partial charge in [-0.2, -0.15) is 0 Å². The van der Waals surface area contributed by atoms with E-state index in [2.05, 4.69) is 17.1 Å². The van der Waals surface area contributed by atoms with Gasteiger partial charge in [0.25, 0.3) is 0 Å². The number of amides is 1. The molecule has 5 nitrogen and oxygen atoms in total. The first-order valence-corrected chi connectivity index (χ1v) is 6.89. The Morgan fingerprint density at radius 2 is 2.22 bits per heavy atom. The van der Waals surface area contributed by atoms with E-state index in [0.717, 1.165) is 26.0 Å². The summed E-state index contributed by atoms with van der Waals surface area (Å²) >= 11 is 0. The summed E-state index contributed by atoms with van der Waals surface area (Å²) in [6, 6.07) is 0.315. The fraction of sp³-hybridized carbons (Fsp3) is 0.923. The van der Waals surface area contributed by atoms with Crippen molar-refractivity contribution >= 4 is 5.91 Å². The highest BCUT2D eigenvalue weighted by Crippen LogP contribution is 2.12. The van der Waals surface area contributed by atoms with Crippen LogP contribution < -0.4 is 5.32 Å². The largest absolute Gasteiger partial charge is 0.376 e. The number of hydrogen-bond acceptors (Lipinski definition) is 4. The van der Waals surface area contributed by atoms with Crippen LogP contribution >= 0.6 is 0 Å². The van der Waals surface area contributed by atoms with Crippen LogP contribution in [0.1, 0.15) is 26.7 Å². The molecule has 0 aromatic rings. The molecule has 1 N–H and O–H groups in total. The van der Waals surface area contributed by atoms with E-state index in [-0.39, 0.29) is 18.1 Å². The summed E-state index contributed by atoms with van der Waals surface area (Å²) in [7, 11) is 0. The minimum Gasteiger partial charge on any atom is -0.376 e. The summed E-state index contributed by atoms with van der Waals surface area (Å²) in [5.41, 5.74) is 0. The van der Waals surface area contributed by atoms with Crippen molar-refractivity contribution < 1.29 is 14.3 Å². The van der Waals surface area contributed by atoms with Crippen LogP contribution in [0, 0.1) is 0 Å². The number of nitrogens with one attached hydrogen (secondary N) is 1. The average molecular weight is 256 g/mol. The molecule has 3 atom stereocenters. The highest BCUT2D eigenvalue weighted by molar-refractivity contribution is 5.78. The molecule has 0 aromatic heterocycles. The lowest BCUT2D eigenvalue weighted by molar-refractivity contribution is -0.126. The van der Waals surface area contributed by atoms with Crippen molar-refractivity contribution in [2.75, 3.05) is 32.8 Å². The normalized spacial score (nSPS) is 33.6.